The van der Waals surface area contributed by atoms with E-state index in [0.29, 0.717) is 36.2 Å². The standard InChI is InChI=1S/C25H25N3O6/c1-16(30)26-11-20-13-28(25(32)34-20)19-9-7-18(8-10-19)21-12-27-23(22(21)14-29)24(31)33-15-17-5-3-2-4-6-17/h2-10,14,20,23,27H,11-13,15H2,1H3,(H,26,30)/t20-,23-/m0/s1. The van der Waals surface area contributed by atoms with E-state index >= 15 is 0 Å². The molecule has 2 amide bonds. The van der Waals surface area contributed by atoms with Crippen molar-refractivity contribution in [2.75, 3.05) is 24.5 Å². The first-order valence-electron chi connectivity index (χ1n) is 10.9. The number of nitrogens with zero attached hydrogens (tertiary/aromatic N) is 1. The molecule has 9 nitrogen and oxygen atoms in total. The van der Waals surface area contributed by atoms with Crippen molar-refractivity contribution < 1.29 is 28.7 Å². The molecule has 2 aliphatic rings. The van der Waals surface area contributed by atoms with Gasteiger partial charge in [0.15, 0.2) is 0 Å². The highest BCUT2D eigenvalue weighted by molar-refractivity contribution is 6.00. The predicted molar refractivity (Wildman–Crippen MR) is 124 cm³/mol. The number of hydrogen-bond acceptors (Lipinski definition) is 7. The number of amides is 2. The molecule has 0 radical (unpaired) electrons. The summed E-state index contributed by atoms with van der Waals surface area (Å²) in [7, 11) is 0. The second-order valence-electron chi connectivity index (χ2n) is 8.06. The van der Waals surface area contributed by atoms with Crippen LogP contribution in [0.15, 0.2) is 60.2 Å². The second kappa shape index (κ2) is 10.3. The molecule has 1 saturated heterocycles. The van der Waals surface area contributed by atoms with E-state index in [9.17, 15) is 19.2 Å². The number of ether oxygens (including phenoxy) is 2. The van der Waals surface area contributed by atoms with Crippen LogP contribution in [-0.4, -0.2) is 56.0 Å². The summed E-state index contributed by atoms with van der Waals surface area (Å²) in [5, 5.41) is 5.69. The molecule has 9 heteroatoms. The summed E-state index contributed by atoms with van der Waals surface area (Å²) < 4.78 is 10.7. The number of benzene rings is 2. The summed E-state index contributed by atoms with van der Waals surface area (Å²) in [6, 6.07) is 15.6. The van der Waals surface area contributed by atoms with E-state index < -0.39 is 24.2 Å². The number of rotatable bonds is 8. The second-order valence-corrected chi connectivity index (χ2v) is 8.06. The van der Waals surface area contributed by atoms with Crippen molar-refractivity contribution in [2.24, 2.45) is 0 Å². The van der Waals surface area contributed by atoms with Gasteiger partial charge in [-0.15, -0.1) is 0 Å². The number of esters is 1. The Morgan fingerprint density at radius 3 is 2.59 bits per heavy atom. The fourth-order valence-electron chi connectivity index (χ4n) is 3.96. The highest BCUT2D eigenvalue weighted by atomic mass is 16.6. The van der Waals surface area contributed by atoms with Gasteiger partial charge in [-0.1, -0.05) is 42.5 Å². The van der Waals surface area contributed by atoms with Gasteiger partial charge in [0, 0.05) is 24.7 Å². The first-order chi connectivity index (χ1) is 16.5. The summed E-state index contributed by atoms with van der Waals surface area (Å²) in [5.74, 6) is -0.701. The largest absolute Gasteiger partial charge is 0.459 e. The van der Waals surface area contributed by atoms with Gasteiger partial charge < -0.3 is 14.8 Å². The minimum atomic E-state index is -0.834. The smallest absolute Gasteiger partial charge is 0.414 e. The topological polar surface area (TPSA) is 114 Å². The fraction of sp³-hybridized carbons (Fsp3) is 0.280. The maximum Gasteiger partial charge on any atom is 0.414 e. The monoisotopic (exact) mass is 463 g/mol. The molecule has 0 unspecified atom stereocenters. The lowest BCUT2D eigenvalue weighted by molar-refractivity contribution is -0.146. The van der Waals surface area contributed by atoms with Gasteiger partial charge >= 0.3 is 12.1 Å². The summed E-state index contributed by atoms with van der Waals surface area (Å²) >= 11 is 0. The van der Waals surface area contributed by atoms with Crippen molar-refractivity contribution in [3.8, 4) is 0 Å². The van der Waals surface area contributed by atoms with Crippen LogP contribution >= 0.6 is 0 Å². The number of hydrogen-bond donors (Lipinski definition) is 2. The molecule has 1 fully saturated rings. The molecule has 2 N–H and O–H groups in total. The summed E-state index contributed by atoms with van der Waals surface area (Å²) in [6.45, 7) is 2.43. The Labute approximate surface area is 196 Å². The van der Waals surface area contributed by atoms with Gasteiger partial charge in [0.1, 0.15) is 25.0 Å². The quantitative estimate of drug-likeness (QED) is 0.453. The van der Waals surface area contributed by atoms with E-state index in [4.69, 9.17) is 9.47 Å². The molecule has 2 heterocycles. The van der Waals surface area contributed by atoms with Crippen LogP contribution in [0.25, 0.3) is 5.57 Å². The van der Waals surface area contributed by atoms with Crippen LogP contribution in [-0.2, 0) is 30.5 Å². The average Bonchev–Trinajstić information content (AvgIpc) is 3.45. The van der Waals surface area contributed by atoms with E-state index in [1.165, 1.54) is 11.8 Å². The maximum absolute atomic E-state index is 12.6. The highest BCUT2D eigenvalue weighted by Crippen LogP contribution is 2.28. The Morgan fingerprint density at radius 1 is 1.18 bits per heavy atom. The number of anilines is 1. The van der Waals surface area contributed by atoms with Crippen LogP contribution in [0.5, 0.6) is 0 Å². The molecule has 0 saturated carbocycles. The molecule has 176 valence electrons. The van der Waals surface area contributed by atoms with Crippen molar-refractivity contribution in [2.45, 2.75) is 25.7 Å². The van der Waals surface area contributed by atoms with Crippen LogP contribution in [0.1, 0.15) is 18.1 Å². The minimum absolute atomic E-state index is 0.128. The number of cyclic esters (lactones) is 1. The van der Waals surface area contributed by atoms with Crippen LogP contribution in [0, 0.1) is 0 Å². The van der Waals surface area contributed by atoms with Crippen molar-refractivity contribution in [1.29, 1.82) is 0 Å². The third kappa shape index (κ3) is 5.15. The fourth-order valence-corrected chi connectivity index (χ4v) is 3.96. The van der Waals surface area contributed by atoms with Gasteiger partial charge in [0.05, 0.1) is 13.1 Å². The Bertz CT molecular complexity index is 1110. The zero-order valence-electron chi connectivity index (χ0n) is 18.7. The molecule has 2 aromatic rings. The number of carbonyl (C=O) groups excluding carboxylic acids is 4. The summed E-state index contributed by atoms with van der Waals surface area (Å²) in [4.78, 5) is 49.2. The van der Waals surface area contributed by atoms with Gasteiger partial charge in [-0.2, -0.15) is 0 Å². The Balaban J connectivity index is 1.43. The zero-order valence-corrected chi connectivity index (χ0v) is 18.7. The first-order valence-corrected chi connectivity index (χ1v) is 10.9. The highest BCUT2D eigenvalue weighted by Gasteiger charge is 2.34. The minimum Gasteiger partial charge on any atom is -0.459 e. The van der Waals surface area contributed by atoms with Crippen molar-refractivity contribution in [3.63, 3.8) is 0 Å². The van der Waals surface area contributed by atoms with Crippen molar-refractivity contribution in [1.82, 2.24) is 10.6 Å². The van der Waals surface area contributed by atoms with E-state index in [-0.39, 0.29) is 19.1 Å². The van der Waals surface area contributed by atoms with E-state index in [1.807, 2.05) is 30.3 Å². The molecule has 2 aliphatic heterocycles. The summed E-state index contributed by atoms with van der Waals surface area (Å²) in [6.07, 6.45) is -0.232. The zero-order chi connectivity index (χ0) is 24.1. The van der Waals surface area contributed by atoms with Crippen molar-refractivity contribution in [3.05, 3.63) is 71.3 Å². The van der Waals surface area contributed by atoms with Gasteiger partial charge in [0.25, 0.3) is 0 Å². The van der Waals surface area contributed by atoms with Gasteiger partial charge in [-0.25, -0.2) is 9.59 Å². The third-order valence-electron chi connectivity index (χ3n) is 5.71. The maximum atomic E-state index is 12.6. The molecule has 0 aromatic heterocycles. The lowest BCUT2D eigenvalue weighted by Gasteiger charge is -2.14. The van der Waals surface area contributed by atoms with Crippen LogP contribution in [0.4, 0.5) is 10.5 Å². The molecule has 0 aliphatic carbocycles. The van der Waals surface area contributed by atoms with Gasteiger partial charge in [-0.3, -0.25) is 19.8 Å². The number of nitrogens with one attached hydrogen (secondary N) is 2. The molecule has 0 spiro atoms. The van der Waals surface area contributed by atoms with Gasteiger partial charge in [-0.05, 0) is 28.8 Å². The van der Waals surface area contributed by atoms with Gasteiger partial charge in [0.2, 0.25) is 5.91 Å². The Morgan fingerprint density at radius 2 is 1.91 bits per heavy atom. The van der Waals surface area contributed by atoms with E-state index in [2.05, 4.69) is 10.6 Å². The Kier molecular flexibility index (Phi) is 7.03. The Hall–Kier alpha value is -3.98. The van der Waals surface area contributed by atoms with E-state index in [1.54, 1.807) is 24.3 Å². The number of carbonyl (C=O) groups is 4. The molecular weight excluding hydrogens is 438 g/mol. The first kappa shape index (κ1) is 23.2. The molecule has 2 aromatic carbocycles. The lowest BCUT2D eigenvalue weighted by Crippen LogP contribution is -2.35. The molecule has 0 bridgehead atoms. The van der Waals surface area contributed by atoms with E-state index in [0.717, 1.165) is 11.1 Å². The normalized spacial score (nSPS) is 19.7. The SMILES string of the molecule is CC(=O)NC[C@H]1CN(c2ccc(C3=C(C=O)[C@@H](C(=O)OCc4ccccc4)NC3)cc2)C(=O)O1. The summed E-state index contributed by atoms with van der Waals surface area (Å²) in [5.41, 5.74) is 3.30. The average molecular weight is 463 g/mol. The van der Waals surface area contributed by atoms with Crippen molar-refractivity contribution >= 4 is 35.5 Å². The number of aldehydes is 1. The molecule has 2 atom stereocenters. The predicted octanol–water partition coefficient (Wildman–Crippen LogP) is 1.82. The molecule has 4 rings (SSSR count). The van der Waals surface area contributed by atoms with Crippen LogP contribution < -0.4 is 15.5 Å². The molecular formula is C25H25N3O6. The third-order valence-corrected chi connectivity index (χ3v) is 5.71. The lowest BCUT2D eigenvalue weighted by atomic mass is 9.99. The van der Waals surface area contributed by atoms with Crippen LogP contribution in [0.3, 0.4) is 0 Å². The van der Waals surface area contributed by atoms with Crippen LogP contribution in [0.2, 0.25) is 0 Å². The molecule has 34 heavy (non-hydrogen) atoms.